The average Bonchev–Trinajstić information content (AvgIpc) is 3.37. The molecule has 4 heterocycles. The van der Waals surface area contributed by atoms with Gasteiger partial charge < -0.3 is 14.7 Å². The van der Waals surface area contributed by atoms with E-state index in [1.807, 2.05) is 23.2 Å². The average molecular weight is 520 g/mol. The van der Waals surface area contributed by atoms with Gasteiger partial charge in [0, 0.05) is 34.8 Å². The third-order valence-corrected chi connectivity index (χ3v) is 7.96. The number of aliphatic carboxylic acids is 1. The smallest absolute Gasteiger partial charge is 0.475 e. The minimum absolute atomic E-state index is 0.0758. The maximum absolute atomic E-state index is 12.5. The van der Waals surface area contributed by atoms with Gasteiger partial charge in [0.15, 0.2) is 0 Å². The fourth-order valence-electron chi connectivity index (χ4n) is 4.23. The van der Waals surface area contributed by atoms with Crippen LogP contribution >= 0.6 is 22.7 Å². The zero-order chi connectivity index (χ0) is 25.1. The van der Waals surface area contributed by atoms with E-state index in [-0.39, 0.29) is 24.2 Å². The topological polar surface area (TPSA) is 83.0 Å². The summed E-state index contributed by atoms with van der Waals surface area (Å²) in [4.78, 5) is 33.2. The highest BCUT2D eigenvalue weighted by Gasteiger charge is 2.48. The summed E-state index contributed by atoms with van der Waals surface area (Å²) in [6.07, 6.45) is -3.14. The molecule has 0 radical (unpaired) electrons. The first-order valence-electron chi connectivity index (χ1n) is 10.8. The Morgan fingerprint density at radius 1 is 1.26 bits per heavy atom. The second-order valence-corrected chi connectivity index (χ2v) is 10.9. The number of ether oxygens (including phenoxy) is 1. The van der Waals surface area contributed by atoms with Crippen LogP contribution in [-0.4, -0.2) is 69.3 Å². The first-order chi connectivity index (χ1) is 15.9. The van der Waals surface area contributed by atoms with Gasteiger partial charge >= 0.3 is 12.1 Å². The van der Waals surface area contributed by atoms with Gasteiger partial charge in [-0.15, -0.1) is 22.7 Å². The van der Waals surface area contributed by atoms with Crippen LogP contribution in [0.5, 0.6) is 0 Å². The number of alkyl halides is 3. The number of carboxylic acids is 1. The van der Waals surface area contributed by atoms with Gasteiger partial charge in [-0.05, 0) is 45.7 Å². The Kier molecular flexibility index (Phi) is 8.38. The Labute approximate surface area is 204 Å². The molecule has 2 aromatic rings. The molecule has 2 saturated heterocycles. The number of rotatable bonds is 4. The third kappa shape index (κ3) is 6.55. The molecule has 1 unspecified atom stereocenters. The predicted molar refractivity (Wildman–Crippen MR) is 123 cm³/mol. The molecule has 0 aromatic carbocycles. The molecule has 2 fully saturated rings. The highest BCUT2D eigenvalue weighted by Crippen LogP contribution is 2.37. The fraction of sp³-hybridized carbons (Fsp3) is 0.591. The first kappa shape index (κ1) is 26.6. The van der Waals surface area contributed by atoms with Gasteiger partial charge in [-0.2, -0.15) is 13.2 Å². The molecular weight excluding hydrogens is 491 g/mol. The number of thiophene rings is 1. The summed E-state index contributed by atoms with van der Waals surface area (Å²) in [5, 5.41) is 10.2. The van der Waals surface area contributed by atoms with Crippen LogP contribution in [0.1, 0.15) is 40.2 Å². The molecule has 12 heteroatoms. The number of halogens is 3. The van der Waals surface area contributed by atoms with E-state index in [4.69, 9.17) is 14.6 Å². The minimum Gasteiger partial charge on any atom is -0.475 e. The fourth-order valence-corrected chi connectivity index (χ4v) is 5.77. The molecule has 2 aromatic heterocycles. The lowest BCUT2D eigenvalue weighted by atomic mass is 9.82. The third-order valence-electron chi connectivity index (χ3n) is 6.15. The summed E-state index contributed by atoms with van der Waals surface area (Å²) in [5.41, 5.74) is 0.765. The number of hydrogen-bond donors (Lipinski definition) is 1. The van der Waals surface area contributed by atoms with Crippen molar-refractivity contribution in [3.8, 4) is 0 Å². The molecule has 1 amide bonds. The second-order valence-electron chi connectivity index (χ2n) is 8.50. The van der Waals surface area contributed by atoms with E-state index in [0.29, 0.717) is 6.54 Å². The number of piperidine rings is 1. The van der Waals surface area contributed by atoms with Crippen molar-refractivity contribution < 1.29 is 32.6 Å². The van der Waals surface area contributed by atoms with Gasteiger partial charge in [0.1, 0.15) is 6.61 Å². The number of aromatic nitrogens is 1. The molecule has 7 nitrogen and oxygen atoms in total. The number of aryl methyl sites for hydroxylation is 2. The molecule has 0 aliphatic carbocycles. The number of amides is 1. The Morgan fingerprint density at radius 3 is 2.41 bits per heavy atom. The highest BCUT2D eigenvalue weighted by atomic mass is 32.1. The molecular formula is C22H28F3N3O4S2. The Bertz CT molecular complexity index is 1000. The van der Waals surface area contributed by atoms with Gasteiger partial charge in [0.2, 0.25) is 5.91 Å². The van der Waals surface area contributed by atoms with E-state index in [2.05, 4.69) is 41.2 Å². The van der Waals surface area contributed by atoms with Crippen molar-refractivity contribution in [2.24, 2.45) is 0 Å². The normalized spacial score (nSPS) is 20.8. The number of thiazole rings is 1. The lowest BCUT2D eigenvalue weighted by molar-refractivity contribution is -0.192. The molecule has 0 saturated carbocycles. The van der Waals surface area contributed by atoms with Crippen LogP contribution in [0.2, 0.25) is 0 Å². The summed E-state index contributed by atoms with van der Waals surface area (Å²) in [5.74, 6) is -2.68. The van der Waals surface area contributed by atoms with Crippen LogP contribution in [0.4, 0.5) is 13.2 Å². The number of morpholine rings is 1. The van der Waals surface area contributed by atoms with Crippen molar-refractivity contribution in [3.05, 3.63) is 38.0 Å². The molecule has 2 aliphatic rings. The van der Waals surface area contributed by atoms with E-state index in [0.717, 1.165) is 43.2 Å². The maximum Gasteiger partial charge on any atom is 0.490 e. The molecule has 1 atom stereocenters. The monoisotopic (exact) mass is 519 g/mol. The summed E-state index contributed by atoms with van der Waals surface area (Å²) < 4.78 is 37.9. The summed E-state index contributed by atoms with van der Waals surface area (Å²) in [6, 6.07) is 4.51. The zero-order valence-corrected chi connectivity index (χ0v) is 20.9. The van der Waals surface area contributed by atoms with E-state index in [1.165, 1.54) is 9.75 Å². The Balaban J connectivity index is 0.000000406. The van der Waals surface area contributed by atoms with Gasteiger partial charge in [-0.1, -0.05) is 0 Å². The molecule has 188 valence electrons. The van der Waals surface area contributed by atoms with Crippen molar-refractivity contribution in [1.29, 1.82) is 0 Å². The standard InChI is InChI=1S/C20H27N3O2S2.C2HF3O2/c1-14-4-5-18(27-14)11-22-8-6-20(7-9-22)15(2)23(19(24)12-25-20)10-17-13-26-16(3)21-17;3-2(4,5)1(6)7/h4-5,13,15H,6-12H2,1-3H3;(H,6,7). The largest absolute Gasteiger partial charge is 0.490 e. The van der Waals surface area contributed by atoms with E-state index < -0.39 is 12.1 Å². The van der Waals surface area contributed by atoms with Crippen molar-refractivity contribution >= 4 is 34.6 Å². The molecule has 1 N–H and O–H groups in total. The van der Waals surface area contributed by atoms with Gasteiger partial charge in [-0.3, -0.25) is 9.69 Å². The molecule has 1 spiro atoms. The number of hydrogen-bond acceptors (Lipinski definition) is 7. The van der Waals surface area contributed by atoms with E-state index >= 15 is 0 Å². The number of carbonyl (C=O) groups excluding carboxylic acids is 1. The number of nitrogens with zero attached hydrogens (tertiary/aromatic N) is 3. The van der Waals surface area contributed by atoms with Gasteiger partial charge in [0.05, 0.1) is 28.9 Å². The van der Waals surface area contributed by atoms with Gasteiger partial charge in [-0.25, -0.2) is 9.78 Å². The van der Waals surface area contributed by atoms with Crippen molar-refractivity contribution in [3.63, 3.8) is 0 Å². The Hall–Kier alpha value is -2.02. The molecule has 34 heavy (non-hydrogen) atoms. The minimum atomic E-state index is -5.08. The number of carbonyl (C=O) groups is 2. The van der Waals surface area contributed by atoms with Crippen LogP contribution in [0.3, 0.4) is 0 Å². The van der Waals surface area contributed by atoms with Crippen LogP contribution in [-0.2, 0) is 27.4 Å². The SMILES string of the molecule is Cc1ccc(CN2CCC3(CC2)OCC(=O)N(Cc2csc(C)n2)C3C)s1.O=C(O)C(F)(F)F. The quantitative estimate of drug-likeness (QED) is 0.651. The second kappa shape index (κ2) is 10.7. The van der Waals surface area contributed by atoms with E-state index in [1.54, 1.807) is 11.3 Å². The van der Waals surface area contributed by atoms with Crippen LogP contribution in [0, 0.1) is 13.8 Å². The van der Waals surface area contributed by atoms with E-state index in [9.17, 15) is 18.0 Å². The lowest BCUT2D eigenvalue weighted by Gasteiger charge is -2.51. The van der Waals surface area contributed by atoms with Crippen LogP contribution in [0.15, 0.2) is 17.5 Å². The maximum atomic E-state index is 12.5. The summed E-state index contributed by atoms with van der Waals surface area (Å²) in [7, 11) is 0. The highest BCUT2D eigenvalue weighted by molar-refractivity contribution is 7.11. The number of likely N-dealkylation sites (tertiary alicyclic amines) is 1. The van der Waals surface area contributed by atoms with Crippen LogP contribution in [0.25, 0.3) is 0 Å². The Morgan fingerprint density at radius 2 is 1.91 bits per heavy atom. The lowest BCUT2D eigenvalue weighted by Crippen LogP contribution is -2.63. The van der Waals surface area contributed by atoms with Crippen molar-refractivity contribution in [1.82, 2.24) is 14.8 Å². The van der Waals surface area contributed by atoms with Crippen LogP contribution < -0.4 is 0 Å². The summed E-state index contributed by atoms with van der Waals surface area (Å²) in [6.45, 7) is 10.1. The van der Waals surface area contributed by atoms with Crippen molar-refractivity contribution in [2.45, 2.75) is 64.5 Å². The number of carboxylic acid groups (broad SMARTS) is 1. The van der Waals surface area contributed by atoms with Gasteiger partial charge in [0.25, 0.3) is 0 Å². The van der Waals surface area contributed by atoms with Crippen molar-refractivity contribution in [2.75, 3.05) is 19.7 Å². The molecule has 2 aliphatic heterocycles. The predicted octanol–water partition coefficient (Wildman–Crippen LogP) is 4.24. The molecule has 4 rings (SSSR count). The zero-order valence-electron chi connectivity index (χ0n) is 19.2. The summed E-state index contributed by atoms with van der Waals surface area (Å²) >= 11 is 3.52. The first-order valence-corrected chi connectivity index (χ1v) is 12.5. The molecule has 0 bridgehead atoms.